The summed E-state index contributed by atoms with van der Waals surface area (Å²) >= 11 is 0. The molecule has 2 radical (unpaired) electrons. The van der Waals surface area contributed by atoms with Crippen molar-refractivity contribution in [3.63, 3.8) is 0 Å². The largest absolute Gasteiger partial charge is 3.00 e. The Morgan fingerprint density at radius 1 is 0.366 bits per heavy atom. The van der Waals surface area contributed by atoms with Gasteiger partial charge in [0.15, 0.2) is 34.9 Å². The van der Waals surface area contributed by atoms with Gasteiger partial charge in [-0.1, -0.05) is 0 Å². The Morgan fingerprint density at radius 3 is 0.732 bits per heavy atom. The Labute approximate surface area is 250 Å². The molecular weight excluding hydrogens is 766 g/mol. The van der Waals surface area contributed by atoms with Crippen LogP contribution in [0.5, 0.6) is 17.2 Å². The van der Waals surface area contributed by atoms with Gasteiger partial charge in [-0.05, 0) is 36.4 Å². The quantitative estimate of drug-likeness (QED) is 0.151. The summed E-state index contributed by atoms with van der Waals surface area (Å²) in [4.78, 5) is 0. The molecule has 0 aliphatic heterocycles. The van der Waals surface area contributed by atoms with E-state index in [1.165, 1.54) is 0 Å². The molecule has 9 nitrogen and oxygen atoms in total. The standard InChI is InChI=1S/3C6H2BF3O3.2Ru/c3*8-3-1-2-4(13-7(11)12)6(10)5(3)9;;/h3*1-2H;;/q3*-2;2*+3. The van der Waals surface area contributed by atoms with E-state index in [1.807, 2.05) is 0 Å². The molecule has 23 heteroatoms. The van der Waals surface area contributed by atoms with Crippen LogP contribution in [0.2, 0.25) is 0 Å². The van der Waals surface area contributed by atoms with Crippen LogP contribution in [0.25, 0.3) is 0 Å². The molecule has 0 bridgehead atoms. The molecule has 0 saturated heterocycles. The number of hydrogen-bond donors (Lipinski definition) is 0. The van der Waals surface area contributed by atoms with Crippen molar-refractivity contribution in [2.45, 2.75) is 0 Å². The van der Waals surface area contributed by atoms with Crippen molar-refractivity contribution in [3.05, 3.63) is 88.8 Å². The third kappa shape index (κ3) is 13.0. The van der Waals surface area contributed by atoms with Crippen LogP contribution in [0.3, 0.4) is 0 Å². The van der Waals surface area contributed by atoms with Gasteiger partial charge in [0.25, 0.3) is 0 Å². The van der Waals surface area contributed by atoms with E-state index < -0.39 is 91.6 Å². The minimum atomic E-state index is -2.78. The molecule has 0 fully saturated rings. The Kier molecular flexibility index (Phi) is 18.8. The SMILES string of the molecule is [O-]B([O-])Oc1ccc(F)c(F)c1F.[O-]B([O-])Oc1ccc(F)c(F)c1F.[O-]B([O-])Oc1ccc(F)c(F)c1F.[Ru+3].[Ru+3]. The van der Waals surface area contributed by atoms with E-state index in [9.17, 15) is 69.7 Å². The molecule has 3 aromatic carbocycles. The van der Waals surface area contributed by atoms with Crippen molar-refractivity contribution in [1.29, 1.82) is 0 Å². The van der Waals surface area contributed by atoms with Gasteiger partial charge in [-0.3, -0.25) is 0 Å². The van der Waals surface area contributed by atoms with Crippen molar-refractivity contribution in [2.24, 2.45) is 0 Å². The van der Waals surface area contributed by atoms with Crippen LogP contribution in [0.4, 0.5) is 39.5 Å². The first kappa shape index (κ1) is 40.8. The summed E-state index contributed by atoms with van der Waals surface area (Å²) in [6.45, 7) is 0. The molecule has 0 heterocycles. The van der Waals surface area contributed by atoms with Crippen LogP contribution in [0.1, 0.15) is 0 Å². The fourth-order valence-corrected chi connectivity index (χ4v) is 2.11. The third-order valence-corrected chi connectivity index (χ3v) is 3.67. The third-order valence-electron chi connectivity index (χ3n) is 3.67. The molecule has 0 N–H and O–H groups in total. The van der Waals surface area contributed by atoms with Gasteiger partial charge >= 0.3 is 39.0 Å². The van der Waals surface area contributed by atoms with Gasteiger partial charge < -0.3 is 44.1 Å². The fraction of sp³-hybridized carbons (Fsp3) is 0. The smallest absolute Gasteiger partial charge is 0.860 e. The molecule has 0 aliphatic carbocycles. The Hall–Kier alpha value is -2.37. The first-order chi connectivity index (χ1) is 18.1. The molecule has 220 valence electrons. The van der Waals surface area contributed by atoms with Gasteiger partial charge in [-0.2, -0.15) is 13.2 Å². The molecular formula is C18H6B3F9O9Ru2. The molecule has 3 aromatic rings. The first-order valence-corrected chi connectivity index (χ1v) is 9.42. The second-order valence-electron chi connectivity index (χ2n) is 6.24. The predicted molar refractivity (Wildman–Crippen MR) is 98.1 cm³/mol. The maximum Gasteiger partial charge on any atom is 3.00 e. The topological polar surface area (TPSA) is 166 Å². The van der Waals surface area contributed by atoms with Gasteiger partial charge in [0, 0.05) is 0 Å². The van der Waals surface area contributed by atoms with Crippen molar-refractivity contribution < 1.29 is 123 Å². The van der Waals surface area contributed by atoms with Crippen LogP contribution < -0.4 is 44.1 Å². The van der Waals surface area contributed by atoms with Gasteiger partial charge in [-0.15, -0.1) is 0 Å². The van der Waals surface area contributed by atoms with Gasteiger partial charge in [-0.25, -0.2) is 26.3 Å². The summed E-state index contributed by atoms with van der Waals surface area (Å²) in [7, 11) is -8.34. The van der Waals surface area contributed by atoms with Crippen LogP contribution >= 0.6 is 0 Å². The first-order valence-electron chi connectivity index (χ1n) is 9.42. The molecule has 3 rings (SSSR count). The van der Waals surface area contributed by atoms with Crippen molar-refractivity contribution in [1.82, 2.24) is 0 Å². The van der Waals surface area contributed by atoms with E-state index in [1.54, 1.807) is 0 Å². The van der Waals surface area contributed by atoms with E-state index in [0.717, 1.165) is 0 Å². The Morgan fingerprint density at radius 2 is 0.561 bits per heavy atom. The van der Waals surface area contributed by atoms with Gasteiger partial charge in [0.2, 0.25) is 17.5 Å². The second-order valence-corrected chi connectivity index (χ2v) is 6.24. The maximum absolute atomic E-state index is 12.6. The van der Waals surface area contributed by atoms with Crippen LogP contribution in [0, 0.1) is 52.4 Å². The number of benzene rings is 3. The van der Waals surface area contributed by atoms with Crippen LogP contribution in [0.15, 0.2) is 36.4 Å². The normalized spacial score (nSPS) is 9.44. The molecule has 0 amide bonds. The van der Waals surface area contributed by atoms with Crippen molar-refractivity contribution >= 4 is 22.0 Å². The summed E-state index contributed by atoms with van der Waals surface area (Å²) < 4.78 is 123. The Bertz CT molecular complexity index is 1120. The molecule has 0 spiro atoms. The number of rotatable bonds is 6. The van der Waals surface area contributed by atoms with Gasteiger partial charge in [0.1, 0.15) is 39.2 Å². The van der Waals surface area contributed by atoms with Gasteiger partial charge in [0.05, 0.1) is 0 Å². The average Bonchev–Trinajstić information content (AvgIpc) is 2.85. The second kappa shape index (κ2) is 18.9. The molecule has 41 heavy (non-hydrogen) atoms. The summed E-state index contributed by atoms with van der Waals surface area (Å²) in [5.74, 6) is -17.3. The number of halogens is 9. The minimum Gasteiger partial charge on any atom is -0.860 e. The van der Waals surface area contributed by atoms with Crippen LogP contribution in [-0.4, -0.2) is 22.0 Å². The van der Waals surface area contributed by atoms with E-state index in [-0.39, 0.29) is 39.0 Å². The van der Waals surface area contributed by atoms with Crippen molar-refractivity contribution in [3.8, 4) is 17.2 Å². The zero-order valence-electron chi connectivity index (χ0n) is 19.0. The molecule has 0 aliphatic rings. The molecule has 0 aromatic heterocycles. The monoisotopic (exact) mass is 774 g/mol. The summed E-state index contributed by atoms with van der Waals surface area (Å²) in [5.41, 5.74) is 0. The molecule has 0 saturated carbocycles. The Balaban J connectivity index is 0. The average molecular weight is 772 g/mol. The fourth-order valence-electron chi connectivity index (χ4n) is 2.11. The summed E-state index contributed by atoms with van der Waals surface area (Å²) in [5, 5.41) is 59.3. The predicted octanol–water partition coefficient (Wildman–Crippen LogP) is -2.44. The number of hydrogen-bond acceptors (Lipinski definition) is 9. The van der Waals surface area contributed by atoms with E-state index in [4.69, 9.17) is 0 Å². The van der Waals surface area contributed by atoms with Crippen molar-refractivity contribution in [2.75, 3.05) is 0 Å². The van der Waals surface area contributed by atoms with E-state index in [0.29, 0.717) is 36.4 Å². The summed E-state index contributed by atoms with van der Waals surface area (Å²) in [6, 6.07) is 3.64. The molecule has 0 unspecified atom stereocenters. The summed E-state index contributed by atoms with van der Waals surface area (Å²) in [6.07, 6.45) is 0. The van der Waals surface area contributed by atoms with E-state index >= 15 is 0 Å². The zero-order chi connectivity index (χ0) is 30.0. The zero-order valence-corrected chi connectivity index (χ0v) is 22.5. The maximum atomic E-state index is 12.6. The van der Waals surface area contributed by atoms with E-state index in [2.05, 4.69) is 14.0 Å². The minimum absolute atomic E-state index is 0. The molecule has 0 atom stereocenters. The van der Waals surface area contributed by atoms with Crippen LogP contribution in [-0.2, 0) is 39.0 Å².